The Morgan fingerprint density at radius 3 is 2.72 bits per heavy atom. The van der Waals surface area contributed by atoms with Crippen molar-refractivity contribution in [3.05, 3.63) is 71.6 Å². The van der Waals surface area contributed by atoms with E-state index in [0.717, 1.165) is 22.6 Å². The van der Waals surface area contributed by atoms with Gasteiger partial charge in [-0.05, 0) is 19.1 Å². The second-order valence-corrected chi connectivity index (χ2v) is 6.06. The molecule has 2 aromatic carbocycles. The molecule has 3 rings (SSSR count). The van der Waals surface area contributed by atoms with Crippen molar-refractivity contribution in [2.45, 2.75) is 6.92 Å². The Kier molecular flexibility index (Phi) is 5.59. The van der Waals surface area contributed by atoms with Crippen LogP contribution in [0.2, 0.25) is 0 Å². The number of carbonyl (C=O) groups is 1. The topological polar surface area (TPSA) is 51.2 Å². The van der Waals surface area contributed by atoms with Crippen LogP contribution in [0.25, 0.3) is 17.3 Å². The predicted molar refractivity (Wildman–Crippen MR) is 103 cm³/mol. The van der Waals surface area contributed by atoms with Crippen LogP contribution < -0.4 is 10.1 Å². The van der Waals surface area contributed by atoms with Crippen LogP contribution in [0.5, 0.6) is 5.75 Å². The van der Waals surface area contributed by atoms with E-state index >= 15 is 0 Å². The molecule has 0 fully saturated rings. The molecule has 0 aliphatic heterocycles. The van der Waals surface area contributed by atoms with Crippen molar-refractivity contribution >= 4 is 28.5 Å². The fourth-order valence-electron chi connectivity index (χ4n) is 2.29. The van der Waals surface area contributed by atoms with E-state index in [-0.39, 0.29) is 5.91 Å². The minimum Gasteiger partial charge on any atom is -0.493 e. The Labute approximate surface area is 150 Å². The summed E-state index contributed by atoms with van der Waals surface area (Å²) in [5, 5.41) is 5.30. The third-order valence-electron chi connectivity index (χ3n) is 3.44. The highest BCUT2D eigenvalue weighted by Gasteiger charge is 2.06. The van der Waals surface area contributed by atoms with Gasteiger partial charge in [0.15, 0.2) is 5.13 Å². The molecule has 3 aromatic rings. The summed E-state index contributed by atoms with van der Waals surface area (Å²) in [6, 6.07) is 17.5. The molecule has 5 heteroatoms. The number of para-hydroxylation sites is 1. The number of benzene rings is 2. The predicted octanol–water partition coefficient (Wildman–Crippen LogP) is 4.86. The van der Waals surface area contributed by atoms with Gasteiger partial charge in [-0.15, -0.1) is 11.3 Å². The molecule has 0 aliphatic carbocycles. The average Bonchev–Trinajstić information content (AvgIpc) is 3.10. The lowest BCUT2D eigenvalue weighted by Crippen LogP contribution is -2.07. The van der Waals surface area contributed by atoms with Gasteiger partial charge in [0.25, 0.3) is 0 Å². The van der Waals surface area contributed by atoms with E-state index in [9.17, 15) is 4.79 Å². The Hall–Kier alpha value is -2.92. The fourth-order valence-corrected chi connectivity index (χ4v) is 3.01. The number of hydrogen-bond donors (Lipinski definition) is 1. The first-order valence-electron chi connectivity index (χ1n) is 7.98. The maximum Gasteiger partial charge on any atom is 0.250 e. The molecule has 0 bridgehead atoms. The zero-order valence-corrected chi connectivity index (χ0v) is 14.6. The van der Waals surface area contributed by atoms with E-state index in [1.807, 2.05) is 66.9 Å². The Morgan fingerprint density at radius 1 is 1.16 bits per heavy atom. The van der Waals surface area contributed by atoms with Crippen LogP contribution in [0.1, 0.15) is 12.5 Å². The third-order valence-corrected chi connectivity index (χ3v) is 4.19. The highest BCUT2D eigenvalue weighted by molar-refractivity contribution is 7.14. The zero-order chi connectivity index (χ0) is 17.5. The van der Waals surface area contributed by atoms with Gasteiger partial charge in [0.05, 0.1) is 12.3 Å². The molecule has 4 nitrogen and oxygen atoms in total. The molecule has 0 unspecified atom stereocenters. The fraction of sp³-hybridized carbons (Fsp3) is 0.100. The molecule has 0 saturated carbocycles. The quantitative estimate of drug-likeness (QED) is 0.646. The molecular weight excluding hydrogens is 332 g/mol. The summed E-state index contributed by atoms with van der Waals surface area (Å²) in [5.41, 5.74) is 2.75. The SMILES string of the molecule is CCOc1ccccc1C=CC(=O)Nc1nc(-c2ccccc2)cs1. The molecule has 0 saturated heterocycles. The summed E-state index contributed by atoms with van der Waals surface area (Å²) < 4.78 is 5.55. The van der Waals surface area contributed by atoms with Crippen LogP contribution in [0.4, 0.5) is 5.13 Å². The first-order chi connectivity index (χ1) is 12.3. The number of aromatic nitrogens is 1. The molecule has 1 heterocycles. The second kappa shape index (κ2) is 8.26. The van der Waals surface area contributed by atoms with Crippen LogP contribution in [-0.2, 0) is 4.79 Å². The van der Waals surface area contributed by atoms with Crippen molar-refractivity contribution in [2.24, 2.45) is 0 Å². The van der Waals surface area contributed by atoms with Gasteiger partial charge in [-0.25, -0.2) is 4.98 Å². The Bertz CT molecular complexity index is 872. The van der Waals surface area contributed by atoms with Crippen molar-refractivity contribution in [1.29, 1.82) is 0 Å². The van der Waals surface area contributed by atoms with Gasteiger partial charge < -0.3 is 4.74 Å². The molecular formula is C20H18N2O2S. The maximum atomic E-state index is 12.1. The third kappa shape index (κ3) is 4.55. The van der Waals surface area contributed by atoms with Gasteiger partial charge in [0.2, 0.25) is 5.91 Å². The van der Waals surface area contributed by atoms with E-state index < -0.39 is 0 Å². The van der Waals surface area contributed by atoms with Crippen LogP contribution in [0, 0.1) is 0 Å². The highest BCUT2D eigenvalue weighted by atomic mass is 32.1. The van der Waals surface area contributed by atoms with Crippen LogP contribution in [-0.4, -0.2) is 17.5 Å². The minimum absolute atomic E-state index is 0.222. The number of amides is 1. The second-order valence-electron chi connectivity index (χ2n) is 5.20. The van der Waals surface area contributed by atoms with E-state index in [2.05, 4.69) is 10.3 Å². The van der Waals surface area contributed by atoms with Crippen LogP contribution >= 0.6 is 11.3 Å². The van der Waals surface area contributed by atoms with E-state index in [1.165, 1.54) is 17.4 Å². The summed E-state index contributed by atoms with van der Waals surface area (Å²) in [5.74, 6) is 0.537. The normalized spacial score (nSPS) is 10.8. The van der Waals surface area contributed by atoms with Gasteiger partial charge in [-0.2, -0.15) is 0 Å². The molecule has 0 aliphatic rings. The first-order valence-corrected chi connectivity index (χ1v) is 8.86. The van der Waals surface area contributed by atoms with Crippen molar-refractivity contribution in [2.75, 3.05) is 11.9 Å². The van der Waals surface area contributed by atoms with Crippen molar-refractivity contribution in [3.8, 4) is 17.0 Å². The first kappa shape index (κ1) is 16.9. The number of carbonyl (C=O) groups excluding carboxylic acids is 1. The number of anilines is 1. The standard InChI is InChI=1S/C20H18N2O2S/c1-2-24-18-11-7-6-10-16(18)12-13-19(23)22-20-21-17(14-25-20)15-8-4-3-5-9-15/h3-14H,2H2,1H3,(H,21,22,23). The zero-order valence-electron chi connectivity index (χ0n) is 13.8. The smallest absolute Gasteiger partial charge is 0.250 e. The van der Waals surface area contributed by atoms with Crippen molar-refractivity contribution in [1.82, 2.24) is 4.98 Å². The lowest BCUT2D eigenvalue weighted by Gasteiger charge is -2.06. The Balaban J connectivity index is 1.66. The van der Waals surface area contributed by atoms with Gasteiger partial charge in [0.1, 0.15) is 5.75 Å². The minimum atomic E-state index is -0.222. The molecule has 0 spiro atoms. The largest absolute Gasteiger partial charge is 0.493 e. The Morgan fingerprint density at radius 2 is 1.92 bits per heavy atom. The van der Waals surface area contributed by atoms with Gasteiger partial charge in [-0.3, -0.25) is 10.1 Å². The summed E-state index contributed by atoms with van der Waals surface area (Å²) in [7, 11) is 0. The number of ether oxygens (including phenoxy) is 1. The van der Waals surface area contributed by atoms with Crippen molar-refractivity contribution in [3.63, 3.8) is 0 Å². The van der Waals surface area contributed by atoms with Crippen molar-refractivity contribution < 1.29 is 9.53 Å². The lowest BCUT2D eigenvalue weighted by atomic mass is 10.2. The molecule has 25 heavy (non-hydrogen) atoms. The lowest BCUT2D eigenvalue weighted by molar-refractivity contribution is -0.111. The molecule has 0 atom stereocenters. The summed E-state index contributed by atoms with van der Waals surface area (Å²) in [6.45, 7) is 2.51. The molecule has 1 amide bonds. The van der Waals surface area contributed by atoms with Crippen LogP contribution in [0.3, 0.4) is 0 Å². The summed E-state index contributed by atoms with van der Waals surface area (Å²) in [6.07, 6.45) is 3.23. The summed E-state index contributed by atoms with van der Waals surface area (Å²) in [4.78, 5) is 16.6. The van der Waals surface area contributed by atoms with E-state index in [4.69, 9.17) is 4.74 Å². The monoisotopic (exact) mass is 350 g/mol. The molecule has 126 valence electrons. The molecule has 1 N–H and O–H groups in total. The average molecular weight is 350 g/mol. The number of nitrogens with zero attached hydrogens (tertiary/aromatic N) is 1. The highest BCUT2D eigenvalue weighted by Crippen LogP contribution is 2.24. The molecule has 1 aromatic heterocycles. The maximum absolute atomic E-state index is 12.1. The van der Waals surface area contributed by atoms with Gasteiger partial charge in [-0.1, -0.05) is 48.5 Å². The van der Waals surface area contributed by atoms with Gasteiger partial charge >= 0.3 is 0 Å². The number of hydrogen-bond acceptors (Lipinski definition) is 4. The molecule has 0 radical (unpaired) electrons. The number of nitrogens with one attached hydrogen (secondary N) is 1. The number of thiazole rings is 1. The van der Waals surface area contributed by atoms with E-state index in [0.29, 0.717) is 11.7 Å². The van der Waals surface area contributed by atoms with E-state index in [1.54, 1.807) is 6.08 Å². The summed E-state index contributed by atoms with van der Waals surface area (Å²) >= 11 is 1.40. The van der Waals surface area contributed by atoms with Crippen LogP contribution in [0.15, 0.2) is 66.1 Å². The number of rotatable bonds is 6. The van der Waals surface area contributed by atoms with Gasteiger partial charge in [0, 0.05) is 22.6 Å².